The molecule has 5 nitrogen and oxygen atoms in total. The minimum Gasteiger partial charge on any atom is -0.497 e. The average molecular weight is 435 g/mol. The Morgan fingerprint density at radius 3 is 3.06 bits per heavy atom. The Kier molecular flexibility index (Phi) is 6.87. The van der Waals surface area contributed by atoms with E-state index in [1.165, 1.54) is 30.2 Å². The average Bonchev–Trinajstić information content (AvgIpc) is 2.80. The van der Waals surface area contributed by atoms with Crippen molar-refractivity contribution in [1.29, 1.82) is 0 Å². The van der Waals surface area contributed by atoms with Crippen molar-refractivity contribution in [3.8, 4) is 5.75 Å². The highest BCUT2D eigenvalue weighted by atomic mass is 32.2. The van der Waals surface area contributed by atoms with Crippen molar-refractivity contribution in [1.82, 2.24) is 5.32 Å². The fourth-order valence-electron chi connectivity index (χ4n) is 3.82. The number of benzene rings is 1. The highest BCUT2D eigenvalue weighted by molar-refractivity contribution is 8.05. The zero-order valence-corrected chi connectivity index (χ0v) is 18.4. The van der Waals surface area contributed by atoms with Gasteiger partial charge in [-0.15, -0.1) is 11.8 Å². The third-order valence-electron chi connectivity index (χ3n) is 5.51. The van der Waals surface area contributed by atoms with Crippen LogP contribution in [-0.4, -0.2) is 36.4 Å². The number of aliphatic imine (C=N–C) groups is 1. The normalized spacial score (nSPS) is 21.7. The third kappa shape index (κ3) is 5.44. The van der Waals surface area contributed by atoms with E-state index < -0.39 is 0 Å². The highest BCUT2D eigenvalue weighted by Crippen LogP contribution is 2.34. The zero-order chi connectivity index (χ0) is 21.6. The Morgan fingerprint density at radius 2 is 2.26 bits per heavy atom. The standard InChI is InChI=1S/C25H26N2O3S/c1-30-20-9-5-8-18(14-20)15-23-25(29)27-21-16-19(10-11-22(21)31-23)24(28)26-13-12-17-6-3-2-4-7-17/h5-6,8-11,14-16,22H,2-4,7,12-13H2,1H3,(H,26,28)/b23-15+. The number of nitrogens with zero attached hydrogens (tertiary/aromatic N) is 1. The molecule has 0 spiro atoms. The maximum atomic E-state index is 12.6. The summed E-state index contributed by atoms with van der Waals surface area (Å²) in [6.45, 7) is 0.632. The molecule has 0 fully saturated rings. The lowest BCUT2D eigenvalue weighted by molar-refractivity contribution is -0.117. The van der Waals surface area contributed by atoms with E-state index in [-0.39, 0.29) is 17.1 Å². The number of nitrogens with one attached hydrogen (secondary N) is 1. The second-order valence-electron chi connectivity index (χ2n) is 7.74. The van der Waals surface area contributed by atoms with Crippen LogP contribution in [0.2, 0.25) is 0 Å². The molecule has 0 saturated carbocycles. The van der Waals surface area contributed by atoms with Gasteiger partial charge >= 0.3 is 0 Å². The molecule has 4 rings (SSSR count). The van der Waals surface area contributed by atoms with Crippen LogP contribution in [0.5, 0.6) is 5.75 Å². The largest absolute Gasteiger partial charge is 0.497 e. The number of amides is 2. The number of hydrogen-bond donors (Lipinski definition) is 1. The second kappa shape index (κ2) is 9.96. The number of allylic oxidation sites excluding steroid dienone is 2. The van der Waals surface area contributed by atoms with Gasteiger partial charge in [-0.1, -0.05) is 35.9 Å². The predicted octanol–water partition coefficient (Wildman–Crippen LogP) is 4.62. The summed E-state index contributed by atoms with van der Waals surface area (Å²) in [6, 6.07) is 7.55. The van der Waals surface area contributed by atoms with E-state index in [2.05, 4.69) is 16.4 Å². The zero-order valence-electron chi connectivity index (χ0n) is 17.6. The van der Waals surface area contributed by atoms with Gasteiger partial charge in [0.2, 0.25) is 0 Å². The Morgan fingerprint density at radius 1 is 1.35 bits per heavy atom. The molecule has 1 N–H and O–H groups in total. The lowest BCUT2D eigenvalue weighted by Crippen LogP contribution is -2.30. The van der Waals surface area contributed by atoms with Gasteiger partial charge < -0.3 is 10.1 Å². The maximum Gasteiger partial charge on any atom is 0.283 e. The molecule has 0 saturated heterocycles. The molecule has 1 unspecified atom stereocenters. The smallest absolute Gasteiger partial charge is 0.283 e. The lowest BCUT2D eigenvalue weighted by atomic mass is 9.97. The van der Waals surface area contributed by atoms with Gasteiger partial charge in [-0.3, -0.25) is 9.59 Å². The van der Waals surface area contributed by atoms with Gasteiger partial charge in [0.25, 0.3) is 11.8 Å². The molecular formula is C25H26N2O3S. The third-order valence-corrected chi connectivity index (χ3v) is 6.71. The molecule has 160 valence electrons. The van der Waals surface area contributed by atoms with Gasteiger partial charge in [0.15, 0.2) is 0 Å². The van der Waals surface area contributed by atoms with Gasteiger partial charge in [0.05, 0.1) is 23.0 Å². The van der Waals surface area contributed by atoms with Crippen molar-refractivity contribution < 1.29 is 14.3 Å². The molecule has 1 heterocycles. The Labute approximate surface area is 187 Å². The summed E-state index contributed by atoms with van der Waals surface area (Å²) >= 11 is 1.45. The second-order valence-corrected chi connectivity index (χ2v) is 8.92. The van der Waals surface area contributed by atoms with Crippen molar-refractivity contribution >= 4 is 35.4 Å². The summed E-state index contributed by atoms with van der Waals surface area (Å²) in [6.07, 6.45) is 15.3. The molecule has 2 amide bonds. The Hall–Kier alpha value is -2.86. The van der Waals surface area contributed by atoms with E-state index in [1.807, 2.05) is 42.5 Å². The molecule has 1 aromatic rings. The predicted molar refractivity (Wildman–Crippen MR) is 126 cm³/mol. The minimum absolute atomic E-state index is 0.0708. The van der Waals surface area contributed by atoms with Crippen LogP contribution in [0, 0.1) is 0 Å². The number of carbonyl (C=O) groups is 2. The van der Waals surface area contributed by atoms with Crippen molar-refractivity contribution in [3.05, 3.63) is 70.2 Å². The van der Waals surface area contributed by atoms with Gasteiger partial charge in [0.1, 0.15) is 5.75 Å². The molecular weight excluding hydrogens is 408 g/mol. The lowest BCUT2D eigenvalue weighted by Gasteiger charge is -2.22. The van der Waals surface area contributed by atoms with Crippen molar-refractivity contribution in [3.63, 3.8) is 0 Å². The van der Waals surface area contributed by atoms with Crippen LogP contribution in [-0.2, 0) is 9.59 Å². The first-order valence-corrected chi connectivity index (χ1v) is 11.5. The van der Waals surface area contributed by atoms with E-state index in [1.54, 1.807) is 13.2 Å². The van der Waals surface area contributed by atoms with Crippen LogP contribution in [0.4, 0.5) is 0 Å². The van der Waals surface area contributed by atoms with E-state index >= 15 is 0 Å². The fraction of sp³-hybridized carbons (Fsp3) is 0.320. The maximum absolute atomic E-state index is 12.6. The Balaban J connectivity index is 1.41. The molecule has 0 radical (unpaired) electrons. The highest BCUT2D eigenvalue weighted by Gasteiger charge is 2.28. The van der Waals surface area contributed by atoms with Crippen LogP contribution < -0.4 is 10.1 Å². The molecule has 1 aromatic carbocycles. The molecule has 0 aromatic heterocycles. The quantitative estimate of drug-likeness (QED) is 0.524. The summed E-state index contributed by atoms with van der Waals surface area (Å²) in [5.74, 6) is 0.335. The summed E-state index contributed by atoms with van der Waals surface area (Å²) in [4.78, 5) is 29.9. The van der Waals surface area contributed by atoms with Gasteiger partial charge in [0, 0.05) is 12.1 Å². The summed E-state index contributed by atoms with van der Waals surface area (Å²) in [5.41, 5.74) is 3.49. The number of ether oxygens (including phenoxy) is 1. The van der Waals surface area contributed by atoms with Gasteiger partial charge in [-0.05, 0) is 62.0 Å². The van der Waals surface area contributed by atoms with E-state index in [0.717, 1.165) is 30.6 Å². The summed E-state index contributed by atoms with van der Waals surface area (Å²) in [5, 5.41) is 2.92. The van der Waals surface area contributed by atoms with Crippen LogP contribution in [0.3, 0.4) is 0 Å². The fourth-order valence-corrected chi connectivity index (χ4v) is 4.85. The van der Waals surface area contributed by atoms with Crippen molar-refractivity contribution in [2.24, 2.45) is 4.99 Å². The Bertz CT molecular complexity index is 1030. The number of fused-ring (bicyclic) bond motifs is 1. The molecule has 1 aliphatic heterocycles. The molecule has 2 aliphatic carbocycles. The number of carbonyl (C=O) groups excluding carboxylic acids is 2. The van der Waals surface area contributed by atoms with E-state index in [4.69, 9.17) is 4.74 Å². The molecule has 31 heavy (non-hydrogen) atoms. The van der Waals surface area contributed by atoms with E-state index in [9.17, 15) is 9.59 Å². The van der Waals surface area contributed by atoms with Crippen LogP contribution >= 0.6 is 11.8 Å². The molecule has 1 atom stereocenters. The molecule has 6 heteroatoms. The van der Waals surface area contributed by atoms with Crippen molar-refractivity contribution in [2.45, 2.75) is 37.4 Å². The number of hydrogen-bond acceptors (Lipinski definition) is 4. The minimum atomic E-state index is -0.283. The van der Waals surface area contributed by atoms with Crippen LogP contribution in [0.15, 0.2) is 69.6 Å². The number of methoxy groups -OCH3 is 1. The molecule has 3 aliphatic rings. The molecule has 0 bridgehead atoms. The first-order chi connectivity index (χ1) is 15.1. The monoisotopic (exact) mass is 434 g/mol. The van der Waals surface area contributed by atoms with Crippen LogP contribution in [0.1, 0.15) is 37.7 Å². The topological polar surface area (TPSA) is 67.8 Å². The first-order valence-electron chi connectivity index (χ1n) is 10.6. The van der Waals surface area contributed by atoms with Gasteiger partial charge in [-0.2, -0.15) is 0 Å². The summed E-state index contributed by atoms with van der Waals surface area (Å²) in [7, 11) is 1.61. The number of thioether (sulfide) groups is 1. The SMILES string of the molecule is COc1cccc(/C=C2/SC3C=CC(C(=O)NCCC4=CCCCC4)=CC3=NC2=O)c1. The first kappa shape index (κ1) is 21.4. The van der Waals surface area contributed by atoms with Crippen molar-refractivity contribution in [2.75, 3.05) is 13.7 Å². The number of rotatable bonds is 6. The van der Waals surface area contributed by atoms with Crippen LogP contribution in [0.25, 0.3) is 6.08 Å². The van der Waals surface area contributed by atoms with E-state index in [0.29, 0.717) is 22.7 Å². The summed E-state index contributed by atoms with van der Waals surface area (Å²) < 4.78 is 5.24. The van der Waals surface area contributed by atoms with Gasteiger partial charge in [-0.25, -0.2) is 4.99 Å².